The molecule has 0 radical (unpaired) electrons. The van der Waals surface area contributed by atoms with Crippen LogP contribution in [0.2, 0.25) is 0 Å². The number of benzene rings is 2. The highest BCUT2D eigenvalue weighted by atomic mass is 16.1. The van der Waals surface area contributed by atoms with Gasteiger partial charge >= 0.3 is 0 Å². The zero-order chi connectivity index (χ0) is 15.4. The molecule has 0 unspecified atom stereocenters. The molecule has 3 nitrogen and oxygen atoms in total. The molecule has 2 aromatic rings. The topological polar surface area (TPSA) is 23.6 Å². The number of carbonyl (C=O) groups is 1. The van der Waals surface area contributed by atoms with Crippen molar-refractivity contribution in [2.24, 2.45) is 0 Å². The van der Waals surface area contributed by atoms with Crippen LogP contribution in [-0.4, -0.2) is 42.9 Å². The molecule has 0 saturated carbocycles. The van der Waals surface area contributed by atoms with Gasteiger partial charge in [-0.2, -0.15) is 0 Å². The van der Waals surface area contributed by atoms with E-state index < -0.39 is 0 Å². The van der Waals surface area contributed by atoms with Crippen LogP contribution in [0, 0.1) is 0 Å². The van der Waals surface area contributed by atoms with Crippen LogP contribution in [0.1, 0.15) is 28.8 Å². The third-order valence-corrected chi connectivity index (χ3v) is 5.70. The van der Waals surface area contributed by atoms with Crippen LogP contribution in [0.15, 0.2) is 42.5 Å². The number of anilines is 1. The molecule has 3 saturated heterocycles. The molecular formula is C20H20N2O. The highest BCUT2D eigenvalue weighted by Crippen LogP contribution is 2.39. The van der Waals surface area contributed by atoms with Crippen molar-refractivity contribution < 1.29 is 4.79 Å². The fraction of sp³-hybridized carbons (Fsp3) is 0.350. The van der Waals surface area contributed by atoms with Gasteiger partial charge in [0.2, 0.25) is 0 Å². The predicted molar refractivity (Wildman–Crippen MR) is 92.1 cm³/mol. The van der Waals surface area contributed by atoms with Crippen LogP contribution in [0.25, 0.3) is 11.1 Å². The molecule has 3 heteroatoms. The normalized spacial score (nSPS) is 25.2. The van der Waals surface area contributed by atoms with Crippen LogP contribution in [0.4, 0.5) is 5.69 Å². The molecular weight excluding hydrogens is 284 g/mol. The first kappa shape index (κ1) is 13.3. The maximum absolute atomic E-state index is 12.7. The Labute approximate surface area is 136 Å². The van der Waals surface area contributed by atoms with Crippen LogP contribution in [0.3, 0.4) is 0 Å². The van der Waals surface area contributed by atoms with E-state index >= 15 is 0 Å². The average Bonchev–Trinajstić information content (AvgIpc) is 2.79. The molecule has 4 aliphatic rings. The number of fused-ring (bicyclic) bond motifs is 7. The molecule has 2 aromatic carbocycles. The average molecular weight is 304 g/mol. The molecule has 2 bridgehead atoms. The van der Waals surface area contributed by atoms with E-state index in [0.717, 1.165) is 35.3 Å². The molecule has 0 N–H and O–H groups in total. The molecule has 3 aliphatic heterocycles. The zero-order valence-corrected chi connectivity index (χ0v) is 13.2. The third-order valence-electron chi connectivity index (χ3n) is 5.70. The maximum atomic E-state index is 12.7. The quantitative estimate of drug-likeness (QED) is 0.690. The molecule has 0 atom stereocenters. The van der Waals surface area contributed by atoms with Crippen molar-refractivity contribution in [1.82, 2.24) is 4.90 Å². The van der Waals surface area contributed by atoms with E-state index in [0.29, 0.717) is 6.04 Å². The van der Waals surface area contributed by atoms with Crippen molar-refractivity contribution in [1.29, 1.82) is 0 Å². The monoisotopic (exact) mass is 304 g/mol. The second-order valence-electron chi connectivity index (χ2n) is 6.87. The van der Waals surface area contributed by atoms with Gasteiger partial charge in [0.1, 0.15) is 0 Å². The lowest BCUT2D eigenvalue weighted by Gasteiger charge is -2.33. The molecule has 116 valence electrons. The summed E-state index contributed by atoms with van der Waals surface area (Å²) in [5.74, 6) is 0.181. The fourth-order valence-electron chi connectivity index (χ4n) is 4.42. The molecule has 0 amide bonds. The minimum Gasteiger partial charge on any atom is -0.367 e. The Kier molecular flexibility index (Phi) is 2.86. The van der Waals surface area contributed by atoms with Crippen molar-refractivity contribution in [2.75, 3.05) is 31.1 Å². The maximum Gasteiger partial charge on any atom is 0.194 e. The Bertz CT molecular complexity index is 790. The zero-order valence-electron chi connectivity index (χ0n) is 13.2. The molecule has 0 spiro atoms. The number of rotatable bonds is 1. The van der Waals surface area contributed by atoms with E-state index in [1.807, 2.05) is 18.2 Å². The minimum absolute atomic E-state index is 0.181. The first-order valence-electron chi connectivity index (χ1n) is 8.58. The summed E-state index contributed by atoms with van der Waals surface area (Å²) >= 11 is 0. The summed E-state index contributed by atoms with van der Waals surface area (Å²) in [6.45, 7) is 4.65. The number of carbonyl (C=O) groups excluding carboxylic acids is 1. The summed E-state index contributed by atoms with van der Waals surface area (Å²) in [4.78, 5) is 17.8. The molecule has 23 heavy (non-hydrogen) atoms. The third kappa shape index (κ3) is 1.96. The van der Waals surface area contributed by atoms with Gasteiger partial charge in [0.25, 0.3) is 0 Å². The predicted octanol–water partition coefficient (Wildman–Crippen LogP) is 3.18. The molecule has 3 fully saturated rings. The van der Waals surface area contributed by atoms with Gasteiger partial charge in [0.15, 0.2) is 5.78 Å². The molecule has 3 heterocycles. The van der Waals surface area contributed by atoms with Gasteiger partial charge in [-0.25, -0.2) is 0 Å². The summed E-state index contributed by atoms with van der Waals surface area (Å²) in [5, 5.41) is 0. The standard InChI is InChI=1S/C20H20N2O/c23-20-18-4-2-1-3-16(18)17-6-5-15(13-19(17)20)22-12-11-21-9-7-14(22)8-10-21/h1-6,13-14H,7-12H2. The van der Waals surface area contributed by atoms with Gasteiger partial charge in [-0.05, 0) is 36.1 Å². The van der Waals surface area contributed by atoms with E-state index in [-0.39, 0.29) is 5.78 Å². The second-order valence-corrected chi connectivity index (χ2v) is 6.87. The fourth-order valence-corrected chi connectivity index (χ4v) is 4.42. The lowest BCUT2D eigenvalue weighted by molar-refractivity contribution is 0.104. The van der Waals surface area contributed by atoms with E-state index in [1.165, 1.54) is 31.6 Å². The Balaban J connectivity index is 1.56. The van der Waals surface area contributed by atoms with Crippen molar-refractivity contribution in [2.45, 2.75) is 18.9 Å². The minimum atomic E-state index is 0.181. The number of piperidine rings is 1. The Morgan fingerprint density at radius 3 is 2.35 bits per heavy atom. The smallest absolute Gasteiger partial charge is 0.194 e. The lowest BCUT2D eigenvalue weighted by Crippen LogP contribution is -2.37. The highest BCUT2D eigenvalue weighted by Gasteiger charge is 2.31. The largest absolute Gasteiger partial charge is 0.367 e. The Hall–Kier alpha value is -2.13. The van der Waals surface area contributed by atoms with E-state index in [4.69, 9.17) is 0 Å². The van der Waals surface area contributed by atoms with Gasteiger partial charge in [0, 0.05) is 49.0 Å². The number of hydrogen-bond donors (Lipinski definition) is 0. The van der Waals surface area contributed by atoms with Crippen molar-refractivity contribution in [3.05, 3.63) is 53.6 Å². The van der Waals surface area contributed by atoms with Crippen LogP contribution < -0.4 is 4.90 Å². The summed E-state index contributed by atoms with van der Waals surface area (Å²) in [6.07, 6.45) is 2.48. The van der Waals surface area contributed by atoms with Gasteiger partial charge in [-0.15, -0.1) is 0 Å². The molecule has 6 rings (SSSR count). The lowest BCUT2D eigenvalue weighted by atomic mass is 10.0. The Morgan fingerprint density at radius 1 is 0.783 bits per heavy atom. The summed E-state index contributed by atoms with van der Waals surface area (Å²) in [7, 11) is 0. The van der Waals surface area contributed by atoms with Crippen LogP contribution >= 0.6 is 0 Å². The van der Waals surface area contributed by atoms with Gasteiger partial charge in [0.05, 0.1) is 0 Å². The highest BCUT2D eigenvalue weighted by molar-refractivity contribution is 6.22. The number of nitrogens with zero attached hydrogens (tertiary/aromatic N) is 2. The van der Waals surface area contributed by atoms with Crippen molar-refractivity contribution in [3.63, 3.8) is 0 Å². The first-order chi connectivity index (χ1) is 11.3. The summed E-state index contributed by atoms with van der Waals surface area (Å²) in [6, 6.07) is 15.1. The Morgan fingerprint density at radius 2 is 1.52 bits per heavy atom. The van der Waals surface area contributed by atoms with E-state index in [2.05, 4.69) is 34.1 Å². The van der Waals surface area contributed by atoms with Crippen LogP contribution in [-0.2, 0) is 0 Å². The van der Waals surface area contributed by atoms with Crippen molar-refractivity contribution in [3.8, 4) is 11.1 Å². The van der Waals surface area contributed by atoms with E-state index in [9.17, 15) is 4.79 Å². The second kappa shape index (κ2) is 4.93. The number of ketones is 1. The van der Waals surface area contributed by atoms with E-state index in [1.54, 1.807) is 0 Å². The van der Waals surface area contributed by atoms with Gasteiger partial charge in [-0.1, -0.05) is 30.3 Å². The first-order valence-corrected chi connectivity index (χ1v) is 8.58. The van der Waals surface area contributed by atoms with Crippen molar-refractivity contribution >= 4 is 11.5 Å². The van der Waals surface area contributed by atoms with Gasteiger partial charge in [-0.3, -0.25) is 4.79 Å². The van der Waals surface area contributed by atoms with Gasteiger partial charge < -0.3 is 9.80 Å². The molecule has 1 aliphatic carbocycles. The SMILES string of the molecule is O=C1c2ccccc2-c2ccc(N3CCN4CCC3CC4)cc21. The number of hydrogen-bond acceptors (Lipinski definition) is 3. The van der Waals surface area contributed by atoms with Crippen LogP contribution in [0.5, 0.6) is 0 Å². The molecule has 0 aromatic heterocycles. The summed E-state index contributed by atoms with van der Waals surface area (Å²) in [5.41, 5.74) is 5.13. The summed E-state index contributed by atoms with van der Waals surface area (Å²) < 4.78 is 0.